The van der Waals surface area contributed by atoms with E-state index < -0.39 is 5.91 Å². The minimum absolute atomic E-state index is 0.105. The second-order valence-corrected chi connectivity index (χ2v) is 8.42. The van der Waals surface area contributed by atoms with Crippen molar-refractivity contribution >= 4 is 46.2 Å². The number of nitrogens with zero attached hydrogens (tertiary/aromatic N) is 1. The Morgan fingerprint density at radius 2 is 1.84 bits per heavy atom. The van der Waals surface area contributed by atoms with Crippen LogP contribution in [0, 0.1) is 0 Å². The highest BCUT2D eigenvalue weighted by atomic mass is 32.2. The van der Waals surface area contributed by atoms with Gasteiger partial charge in [0, 0.05) is 18.0 Å². The summed E-state index contributed by atoms with van der Waals surface area (Å²) in [7, 11) is 4.51. The van der Waals surface area contributed by atoms with E-state index >= 15 is 0 Å². The molecule has 164 valence electrons. The SMILES string of the molecule is COc1cc(/C=C2/SC(=O)N(CCNC(=O)Cc3cccs3)C2=O)cc(OC)c1OC. The third-order valence-corrected chi connectivity index (χ3v) is 6.21. The number of carbonyl (C=O) groups is 3. The smallest absolute Gasteiger partial charge is 0.293 e. The molecule has 0 aliphatic carbocycles. The molecule has 3 rings (SSSR count). The van der Waals surface area contributed by atoms with Crippen molar-refractivity contribution in [2.75, 3.05) is 34.4 Å². The van der Waals surface area contributed by atoms with Crippen molar-refractivity contribution in [1.82, 2.24) is 10.2 Å². The van der Waals surface area contributed by atoms with Crippen LogP contribution >= 0.6 is 23.1 Å². The summed E-state index contributed by atoms with van der Waals surface area (Å²) in [5.74, 6) is 0.772. The van der Waals surface area contributed by atoms with Gasteiger partial charge in [-0.1, -0.05) is 6.07 Å². The van der Waals surface area contributed by atoms with Crippen molar-refractivity contribution in [2.24, 2.45) is 0 Å². The Labute approximate surface area is 188 Å². The van der Waals surface area contributed by atoms with Crippen LogP contribution in [0.15, 0.2) is 34.6 Å². The topological polar surface area (TPSA) is 94.2 Å². The number of nitrogens with one attached hydrogen (secondary N) is 1. The third kappa shape index (κ3) is 5.39. The third-order valence-electron chi connectivity index (χ3n) is 4.43. The molecule has 8 nitrogen and oxygen atoms in total. The van der Waals surface area contributed by atoms with Crippen LogP contribution in [0.5, 0.6) is 17.2 Å². The summed E-state index contributed by atoms with van der Waals surface area (Å²) in [5.41, 5.74) is 0.629. The van der Waals surface area contributed by atoms with Gasteiger partial charge >= 0.3 is 0 Å². The van der Waals surface area contributed by atoms with Crippen LogP contribution in [-0.2, 0) is 16.0 Å². The van der Waals surface area contributed by atoms with Gasteiger partial charge in [0.2, 0.25) is 11.7 Å². The maximum absolute atomic E-state index is 12.7. The molecule has 1 saturated heterocycles. The number of hydrogen-bond donors (Lipinski definition) is 1. The zero-order chi connectivity index (χ0) is 22.4. The van der Waals surface area contributed by atoms with Crippen LogP contribution in [-0.4, -0.2) is 56.4 Å². The molecule has 0 bridgehead atoms. The van der Waals surface area contributed by atoms with Gasteiger partial charge in [-0.3, -0.25) is 19.3 Å². The fraction of sp³-hybridized carbons (Fsp3) is 0.286. The molecule has 1 aromatic carbocycles. The lowest BCUT2D eigenvalue weighted by atomic mass is 10.1. The number of ether oxygens (including phenoxy) is 3. The number of carbonyl (C=O) groups excluding carboxylic acids is 3. The first kappa shape index (κ1) is 22.7. The predicted molar refractivity (Wildman–Crippen MR) is 120 cm³/mol. The molecule has 1 aliphatic rings. The fourth-order valence-corrected chi connectivity index (χ4v) is 4.54. The van der Waals surface area contributed by atoms with Crippen molar-refractivity contribution in [3.63, 3.8) is 0 Å². The van der Waals surface area contributed by atoms with E-state index in [1.54, 1.807) is 18.2 Å². The Morgan fingerprint density at radius 1 is 1.13 bits per heavy atom. The van der Waals surface area contributed by atoms with Crippen molar-refractivity contribution in [1.29, 1.82) is 0 Å². The molecule has 0 saturated carbocycles. The number of rotatable bonds is 9. The molecule has 0 atom stereocenters. The van der Waals surface area contributed by atoms with Gasteiger partial charge in [-0.25, -0.2) is 0 Å². The van der Waals surface area contributed by atoms with Gasteiger partial charge < -0.3 is 19.5 Å². The Bertz CT molecular complexity index is 978. The largest absolute Gasteiger partial charge is 0.493 e. The molecule has 1 fully saturated rings. The van der Waals surface area contributed by atoms with Gasteiger partial charge in [0.1, 0.15) is 0 Å². The van der Waals surface area contributed by atoms with Gasteiger partial charge in [-0.05, 0) is 47.0 Å². The lowest BCUT2D eigenvalue weighted by molar-refractivity contribution is -0.124. The quantitative estimate of drug-likeness (QED) is 0.572. The second-order valence-electron chi connectivity index (χ2n) is 6.40. The van der Waals surface area contributed by atoms with Gasteiger partial charge in [0.05, 0.1) is 32.7 Å². The van der Waals surface area contributed by atoms with E-state index in [-0.39, 0.29) is 35.6 Å². The standard InChI is InChI=1S/C21H22N2O6S2/c1-27-15-9-13(10-16(28-2)19(15)29-3)11-17-20(25)23(21(26)31-17)7-6-22-18(24)12-14-5-4-8-30-14/h4-5,8-11H,6-7,12H2,1-3H3,(H,22,24)/b17-11+. The first-order chi connectivity index (χ1) is 15.0. The Kier molecular flexibility index (Phi) is 7.59. The summed E-state index contributed by atoms with van der Waals surface area (Å²) in [6, 6.07) is 7.16. The minimum Gasteiger partial charge on any atom is -0.493 e. The maximum Gasteiger partial charge on any atom is 0.293 e. The van der Waals surface area contributed by atoms with E-state index in [0.29, 0.717) is 22.8 Å². The van der Waals surface area contributed by atoms with Crippen LogP contribution in [0.1, 0.15) is 10.4 Å². The molecule has 1 N–H and O–H groups in total. The van der Waals surface area contributed by atoms with E-state index in [0.717, 1.165) is 21.5 Å². The summed E-state index contributed by atoms with van der Waals surface area (Å²) >= 11 is 2.35. The average molecular weight is 463 g/mol. The number of methoxy groups -OCH3 is 3. The molecule has 2 aromatic rings. The summed E-state index contributed by atoms with van der Waals surface area (Å²) in [5, 5.41) is 4.27. The number of amides is 3. The molecule has 10 heteroatoms. The monoisotopic (exact) mass is 462 g/mol. The van der Waals surface area contributed by atoms with Crippen LogP contribution in [0.2, 0.25) is 0 Å². The molecular formula is C21H22N2O6S2. The minimum atomic E-state index is -0.406. The van der Waals surface area contributed by atoms with E-state index in [1.165, 1.54) is 32.7 Å². The zero-order valence-corrected chi connectivity index (χ0v) is 18.9. The van der Waals surface area contributed by atoms with Crippen LogP contribution < -0.4 is 19.5 Å². The zero-order valence-electron chi connectivity index (χ0n) is 17.3. The average Bonchev–Trinajstić information content (AvgIpc) is 3.36. The lowest BCUT2D eigenvalue weighted by Crippen LogP contribution is -2.37. The van der Waals surface area contributed by atoms with Crippen molar-refractivity contribution < 1.29 is 28.6 Å². The molecule has 1 aliphatic heterocycles. The molecule has 2 heterocycles. The molecule has 1 aromatic heterocycles. The molecule has 31 heavy (non-hydrogen) atoms. The Balaban J connectivity index is 1.65. The first-order valence-corrected chi connectivity index (χ1v) is 11.0. The summed E-state index contributed by atoms with van der Waals surface area (Å²) in [6.45, 7) is 0.299. The molecule has 3 amide bonds. The van der Waals surface area contributed by atoms with Crippen molar-refractivity contribution in [2.45, 2.75) is 6.42 Å². The summed E-state index contributed by atoms with van der Waals surface area (Å²) in [4.78, 5) is 39.4. The molecular weight excluding hydrogens is 440 g/mol. The molecule has 0 spiro atoms. The number of thioether (sulfide) groups is 1. The van der Waals surface area contributed by atoms with E-state index in [2.05, 4.69) is 5.32 Å². The lowest BCUT2D eigenvalue weighted by Gasteiger charge is -2.13. The first-order valence-electron chi connectivity index (χ1n) is 9.31. The highest BCUT2D eigenvalue weighted by Gasteiger charge is 2.34. The molecule has 0 unspecified atom stereocenters. The molecule has 0 radical (unpaired) electrons. The van der Waals surface area contributed by atoms with Crippen molar-refractivity contribution in [3.8, 4) is 17.2 Å². The van der Waals surface area contributed by atoms with Crippen LogP contribution in [0.3, 0.4) is 0 Å². The highest BCUT2D eigenvalue weighted by molar-refractivity contribution is 8.18. The van der Waals surface area contributed by atoms with Gasteiger partial charge in [-0.2, -0.15) is 0 Å². The summed E-state index contributed by atoms with van der Waals surface area (Å²) in [6.07, 6.45) is 1.88. The summed E-state index contributed by atoms with van der Waals surface area (Å²) < 4.78 is 15.9. The van der Waals surface area contributed by atoms with Gasteiger partial charge in [0.25, 0.3) is 11.1 Å². The number of hydrogen-bond acceptors (Lipinski definition) is 8. The van der Waals surface area contributed by atoms with Gasteiger partial charge in [-0.15, -0.1) is 11.3 Å². The predicted octanol–water partition coefficient (Wildman–Crippen LogP) is 3.17. The number of imide groups is 1. The van der Waals surface area contributed by atoms with Crippen molar-refractivity contribution in [3.05, 3.63) is 45.0 Å². The number of benzene rings is 1. The van der Waals surface area contributed by atoms with Crippen LogP contribution in [0.4, 0.5) is 4.79 Å². The van der Waals surface area contributed by atoms with Gasteiger partial charge in [0.15, 0.2) is 11.5 Å². The van der Waals surface area contributed by atoms with Crippen LogP contribution in [0.25, 0.3) is 6.08 Å². The highest BCUT2D eigenvalue weighted by Crippen LogP contribution is 2.40. The van der Waals surface area contributed by atoms with E-state index in [1.807, 2.05) is 17.5 Å². The normalized spacial score (nSPS) is 14.8. The Morgan fingerprint density at radius 3 is 2.42 bits per heavy atom. The maximum atomic E-state index is 12.7. The van der Waals surface area contributed by atoms with E-state index in [4.69, 9.17) is 14.2 Å². The fourth-order valence-electron chi connectivity index (χ4n) is 2.97. The second kappa shape index (κ2) is 10.4. The Hall–Kier alpha value is -2.98. The van der Waals surface area contributed by atoms with E-state index in [9.17, 15) is 14.4 Å². The number of thiophene rings is 1.